The van der Waals surface area contributed by atoms with Crippen molar-refractivity contribution in [2.24, 2.45) is 0 Å². The van der Waals surface area contributed by atoms with Crippen LogP contribution in [0.3, 0.4) is 0 Å². The monoisotopic (exact) mass is 504 g/mol. The number of hydrogen-bond acceptors (Lipinski definition) is 3. The van der Waals surface area contributed by atoms with E-state index in [0.717, 1.165) is 11.6 Å². The van der Waals surface area contributed by atoms with E-state index in [9.17, 15) is 26.3 Å². The molecule has 3 rings (SSSR count). The molecule has 0 radical (unpaired) electrons. The van der Waals surface area contributed by atoms with Gasteiger partial charge in [-0.3, -0.25) is 0 Å². The Morgan fingerprint density at radius 1 is 0.735 bits per heavy atom. The second-order valence-corrected chi connectivity index (χ2v) is 7.64. The minimum absolute atomic E-state index is 0.0254. The molecule has 3 nitrogen and oxygen atoms in total. The molecule has 0 unspecified atom stereocenters. The van der Waals surface area contributed by atoms with Gasteiger partial charge in [0.2, 0.25) is 0 Å². The zero-order valence-electron chi connectivity index (χ0n) is 17.7. The van der Waals surface area contributed by atoms with Crippen LogP contribution >= 0.6 is 11.6 Å². The zero-order chi connectivity index (χ0) is 25.0. The van der Waals surface area contributed by atoms with Crippen LogP contribution in [0.2, 0.25) is 5.02 Å². The lowest BCUT2D eigenvalue weighted by Gasteiger charge is -2.37. The van der Waals surface area contributed by atoms with Gasteiger partial charge in [-0.2, -0.15) is 26.3 Å². The van der Waals surface area contributed by atoms with Crippen LogP contribution in [-0.2, 0) is 23.6 Å². The first-order valence-electron chi connectivity index (χ1n) is 9.85. The fourth-order valence-electron chi connectivity index (χ4n) is 3.22. The minimum atomic E-state index is -5.84. The second kappa shape index (κ2) is 10.1. The predicted octanol–water partition coefficient (Wildman–Crippen LogP) is 7.46. The Labute approximate surface area is 196 Å². The third-order valence-corrected chi connectivity index (χ3v) is 5.28. The summed E-state index contributed by atoms with van der Waals surface area (Å²) >= 11 is 6.02. The van der Waals surface area contributed by atoms with Gasteiger partial charge in [0.1, 0.15) is 18.1 Å². The SMILES string of the molecule is COc1ccc(COC(c2ccc(OCc3ccccc3)c(Cl)c2)(C(F)(F)F)C(F)(F)F)cc1. The van der Waals surface area contributed by atoms with Gasteiger partial charge >= 0.3 is 12.4 Å². The smallest absolute Gasteiger partial charge is 0.430 e. The normalized spacial score (nSPS) is 12.5. The maximum atomic E-state index is 14.0. The Kier molecular flexibility index (Phi) is 7.67. The lowest BCUT2D eigenvalue weighted by molar-refractivity contribution is -0.392. The first kappa shape index (κ1) is 25.7. The molecule has 0 spiro atoms. The molecule has 3 aromatic carbocycles. The van der Waals surface area contributed by atoms with Crippen LogP contribution in [0.4, 0.5) is 26.3 Å². The summed E-state index contributed by atoms with van der Waals surface area (Å²) in [5.74, 6) is 0.321. The highest BCUT2D eigenvalue weighted by atomic mass is 35.5. The van der Waals surface area contributed by atoms with Gasteiger partial charge in [-0.05, 0) is 35.4 Å². The van der Waals surface area contributed by atoms with Crippen molar-refractivity contribution in [1.29, 1.82) is 0 Å². The Hall–Kier alpha value is -2.91. The molecule has 3 aromatic rings. The van der Waals surface area contributed by atoms with E-state index in [4.69, 9.17) is 21.1 Å². The van der Waals surface area contributed by atoms with Crippen molar-refractivity contribution in [2.75, 3.05) is 7.11 Å². The van der Waals surface area contributed by atoms with Gasteiger partial charge in [0.05, 0.1) is 18.7 Å². The molecular formula is C24H19ClF6O3. The molecule has 0 saturated heterocycles. The third-order valence-electron chi connectivity index (χ3n) is 4.99. The summed E-state index contributed by atoms with van der Waals surface area (Å²) in [5.41, 5.74) is -4.99. The molecule has 0 aliphatic heterocycles. The molecule has 0 bridgehead atoms. The first-order valence-corrected chi connectivity index (χ1v) is 10.2. The molecule has 0 aromatic heterocycles. The van der Waals surface area contributed by atoms with Crippen LogP contribution in [0, 0.1) is 0 Å². The molecule has 0 saturated carbocycles. The predicted molar refractivity (Wildman–Crippen MR) is 114 cm³/mol. The molecule has 34 heavy (non-hydrogen) atoms. The Morgan fingerprint density at radius 3 is 1.85 bits per heavy atom. The number of alkyl halides is 6. The van der Waals surface area contributed by atoms with Gasteiger partial charge in [0.25, 0.3) is 5.60 Å². The first-order chi connectivity index (χ1) is 16.0. The van der Waals surface area contributed by atoms with Crippen molar-refractivity contribution >= 4 is 11.6 Å². The molecule has 0 aliphatic rings. The highest BCUT2D eigenvalue weighted by Crippen LogP contribution is 2.54. The molecule has 0 heterocycles. The summed E-state index contributed by atoms with van der Waals surface area (Å²) < 4.78 is 99.3. The maximum absolute atomic E-state index is 14.0. The number of halogens is 7. The highest BCUT2D eigenvalue weighted by molar-refractivity contribution is 6.32. The number of rotatable bonds is 8. The highest BCUT2D eigenvalue weighted by Gasteiger charge is 2.73. The average molecular weight is 505 g/mol. The van der Waals surface area contributed by atoms with E-state index in [-0.39, 0.29) is 17.9 Å². The van der Waals surface area contributed by atoms with E-state index in [2.05, 4.69) is 4.74 Å². The van der Waals surface area contributed by atoms with Crippen molar-refractivity contribution < 1.29 is 40.6 Å². The average Bonchev–Trinajstić information content (AvgIpc) is 2.78. The van der Waals surface area contributed by atoms with Crippen LogP contribution in [-0.4, -0.2) is 19.5 Å². The Morgan fingerprint density at radius 2 is 1.32 bits per heavy atom. The fraction of sp³-hybridized carbons (Fsp3) is 0.250. The van der Waals surface area contributed by atoms with Crippen molar-refractivity contribution in [1.82, 2.24) is 0 Å². The molecule has 0 aliphatic carbocycles. The Balaban J connectivity index is 1.94. The second-order valence-electron chi connectivity index (χ2n) is 7.23. The zero-order valence-corrected chi connectivity index (χ0v) is 18.5. The molecule has 10 heteroatoms. The maximum Gasteiger partial charge on any atom is 0.430 e. The fourth-order valence-corrected chi connectivity index (χ4v) is 3.46. The lowest BCUT2D eigenvalue weighted by atomic mass is 9.91. The minimum Gasteiger partial charge on any atom is -0.497 e. The molecule has 0 N–H and O–H groups in total. The summed E-state index contributed by atoms with van der Waals surface area (Å²) in [6, 6.07) is 16.4. The molecule has 0 atom stereocenters. The summed E-state index contributed by atoms with van der Waals surface area (Å²) in [6.07, 6.45) is -11.7. The van der Waals surface area contributed by atoms with E-state index in [1.807, 2.05) is 0 Å². The van der Waals surface area contributed by atoms with E-state index < -0.39 is 35.1 Å². The van der Waals surface area contributed by atoms with Crippen LogP contribution in [0.25, 0.3) is 0 Å². The van der Waals surface area contributed by atoms with Crippen LogP contribution < -0.4 is 9.47 Å². The molecule has 0 fully saturated rings. The van der Waals surface area contributed by atoms with Gasteiger partial charge in [-0.25, -0.2) is 0 Å². The molecule has 182 valence electrons. The van der Waals surface area contributed by atoms with Gasteiger partial charge in [-0.1, -0.05) is 60.1 Å². The van der Waals surface area contributed by atoms with Crippen LogP contribution in [0.15, 0.2) is 72.8 Å². The van der Waals surface area contributed by atoms with Gasteiger partial charge in [-0.15, -0.1) is 0 Å². The van der Waals surface area contributed by atoms with Crippen molar-refractivity contribution in [3.63, 3.8) is 0 Å². The number of ether oxygens (including phenoxy) is 3. The van der Waals surface area contributed by atoms with Gasteiger partial charge in [0, 0.05) is 5.56 Å². The summed E-state index contributed by atoms with van der Waals surface area (Å²) in [5, 5.41) is -0.417. The summed E-state index contributed by atoms with van der Waals surface area (Å²) in [7, 11) is 1.38. The lowest BCUT2D eigenvalue weighted by Crippen LogP contribution is -2.55. The van der Waals surface area contributed by atoms with Gasteiger partial charge in [0.15, 0.2) is 0 Å². The van der Waals surface area contributed by atoms with E-state index >= 15 is 0 Å². The number of methoxy groups -OCH3 is 1. The Bertz CT molecular complexity index is 1070. The molecular weight excluding hydrogens is 486 g/mol. The van der Waals surface area contributed by atoms with Crippen molar-refractivity contribution in [3.8, 4) is 11.5 Å². The van der Waals surface area contributed by atoms with E-state index in [1.165, 1.54) is 31.4 Å². The summed E-state index contributed by atoms with van der Waals surface area (Å²) in [4.78, 5) is 0. The van der Waals surface area contributed by atoms with Crippen LogP contribution in [0.1, 0.15) is 16.7 Å². The largest absolute Gasteiger partial charge is 0.497 e. The van der Waals surface area contributed by atoms with E-state index in [1.54, 1.807) is 30.3 Å². The topological polar surface area (TPSA) is 27.7 Å². The quantitative estimate of drug-likeness (QED) is 0.298. The number of hydrogen-bond donors (Lipinski definition) is 0. The molecule has 0 amide bonds. The summed E-state index contributed by atoms with van der Waals surface area (Å²) in [6.45, 7) is -0.940. The number of benzene rings is 3. The van der Waals surface area contributed by atoms with Crippen molar-refractivity contribution in [2.45, 2.75) is 31.2 Å². The standard InChI is InChI=1S/C24H19ClF6O3/c1-32-19-10-7-17(8-11-19)15-34-22(23(26,27)28,24(29,30)31)18-9-12-21(20(25)13-18)33-14-16-5-3-2-4-6-16/h2-13H,14-15H2,1H3. The van der Waals surface area contributed by atoms with E-state index in [0.29, 0.717) is 17.9 Å². The van der Waals surface area contributed by atoms with Gasteiger partial charge < -0.3 is 14.2 Å². The third kappa shape index (κ3) is 5.42. The van der Waals surface area contributed by atoms with Crippen LogP contribution in [0.5, 0.6) is 11.5 Å². The van der Waals surface area contributed by atoms with Crippen molar-refractivity contribution in [3.05, 3.63) is 94.5 Å².